The molecule has 1 unspecified atom stereocenters. The van der Waals surface area contributed by atoms with Crippen LogP contribution in [0.15, 0.2) is 12.5 Å². The first kappa shape index (κ1) is 12.6. The van der Waals surface area contributed by atoms with Gasteiger partial charge in [0.15, 0.2) is 0 Å². The third-order valence-electron chi connectivity index (χ3n) is 3.67. The molecule has 1 fully saturated rings. The number of aromatic nitrogens is 2. The fourth-order valence-electron chi connectivity index (χ4n) is 2.10. The number of hydrogen-bond donors (Lipinski definition) is 1. The average molecular weight is 236 g/mol. The highest BCUT2D eigenvalue weighted by Gasteiger charge is 2.25. The molecular weight excluding hydrogens is 212 g/mol. The Balaban J connectivity index is 1.93. The fourth-order valence-corrected chi connectivity index (χ4v) is 2.10. The topological polar surface area (TPSA) is 47.1 Å². The first-order valence-electron chi connectivity index (χ1n) is 6.55. The van der Waals surface area contributed by atoms with E-state index in [2.05, 4.69) is 35.3 Å². The van der Waals surface area contributed by atoms with E-state index in [1.54, 1.807) is 0 Å². The van der Waals surface area contributed by atoms with Gasteiger partial charge < -0.3 is 15.2 Å². The number of nitrogens with zero attached hydrogens (tertiary/aromatic N) is 3. The fraction of sp³-hybridized carbons (Fsp3) is 0.769. The molecule has 1 aromatic rings. The van der Waals surface area contributed by atoms with Gasteiger partial charge >= 0.3 is 0 Å². The third kappa shape index (κ3) is 3.07. The molecule has 1 aliphatic carbocycles. The van der Waals surface area contributed by atoms with Crippen LogP contribution < -0.4 is 5.73 Å². The van der Waals surface area contributed by atoms with E-state index in [9.17, 15) is 0 Å². The average Bonchev–Trinajstić information content (AvgIpc) is 3.04. The van der Waals surface area contributed by atoms with Gasteiger partial charge in [0.2, 0.25) is 0 Å². The minimum Gasteiger partial charge on any atom is -0.332 e. The van der Waals surface area contributed by atoms with Crippen LogP contribution in [0.5, 0.6) is 0 Å². The van der Waals surface area contributed by atoms with Crippen molar-refractivity contribution in [3.8, 4) is 0 Å². The largest absolute Gasteiger partial charge is 0.332 e. The molecule has 4 heteroatoms. The molecule has 1 heterocycles. The highest BCUT2D eigenvalue weighted by Crippen LogP contribution is 2.25. The molecule has 1 aliphatic rings. The van der Waals surface area contributed by atoms with Crippen LogP contribution in [0.3, 0.4) is 0 Å². The highest BCUT2D eigenvalue weighted by molar-refractivity contribution is 5.05. The summed E-state index contributed by atoms with van der Waals surface area (Å²) < 4.78 is 2.20. The molecule has 0 bridgehead atoms. The maximum atomic E-state index is 6.19. The highest BCUT2D eigenvalue weighted by atomic mass is 15.2. The summed E-state index contributed by atoms with van der Waals surface area (Å²) in [7, 11) is 2.21. The van der Waals surface area contributed by atoms with Gasteiger partial charge in [-0.15, -0.1) is 0 Å². The molecule has 4 nitrogen and oxygen atoms in total. The Hall–Kier alpha value is -0.870. The summed E-state index contributed by atoms with van der Waals surface area (Å²) in [5, 5.41) is 0. The van der Waals surface area contributed by atoms with Crippen molar-refractivity contribution in [3.05, 3.63) is 18.2 Å². The predicted octanol–water partition coefficient (Wildman–Crippen LogP) is 1.63. The van der Waals surface area contributed by atoms with Gasteiger partial charge in [-0.1, -0.05) is 13.8 Å². The third-order valence-corrected chi connectivity index (χ3v) is 3.67. The predicted molar refractivity (Wildman–Crippen MR) is 69.6 cm³/mol. The van der Waals surface area contributed by atoms with Crippen LogP contribution in [-0.2, 0) is 6.54 Å². The Bertz CT molecular complexity index is 354. The number of nitrogens with two attached hydrogens (primary N) is 1. The Morgan fingerprint density at radius 3 is 2.82 bits per heavy atom. The molecule has 1 saturated carbocycles. The van der Waals surface area contributed by atoms with Crippen molar-refractivity contribution in [2.45, 2.75) is 45.3 Å². The second-order valence-corrected chi connectivity index (χ2v) is 5.49. The van der Waals surface area contributed by atoms with Crippen LogP contribution in [0.2, 0.25) is 0 Å². The van der Waals surface area contributed by atoms with Gasteiger partial charge in [0.25, 0.3) is 0 Å². The van der Waals surface area contributed by atoms with Crippen molar-refractivity contribution in [3.63, 3.8) is 0 Å². The van der Waals surface area contributed by atoms with Gasteiger partial charge in [0, 0.05) is 31.4 Å². The van der Waals surface area contributed by atoms with E-state index < -0.39 is 0 Å². The summed E-state index contributed by atoms with van der Waals surface area (Å²) in [6.45, 7) is 6.37. The second kappa shape index (κ2) is 5.19. The lowest BCUT2D eigenvalue weighted by molar-refractivity contribution is 0.305. The molecule has 1 aromatic heterocycles. The van der Waals surface area contributed by atoms with E-state index in [-0.39, 0.29) is 6.04 Å². The zero-order valence-corrected chi connectivity index (χ0v) is 11.1. The molecule has 2 rings (SSSR count). The lowest BCUT2D eigenvalue weighted by Crippen LogP contribution is -2.27. The van der Waals surface area contributed by atoms with E-state index in [1.807, 2.05) is 12.5 Å². The van der Waals surface area contributed by atoms with Crippen molar-refractivity contribution in [1.82, 2.24) is 14.5 Å². The van der Waals surface area contributed by atoms with Crippen LogP contribution >= 0.6 is 0 Å². The Morgan fingerprint density at radius 2 is 2.24 bits per heavy atom. The van der Waals surface area contributed by atoms with E-state index >= 15 is 0 Å². The summed E-state index contributed by atoms with van der Waals surface area (Å²) in [6.07, 6.45) is 6.53. The Morgan fingerprint density at radius 1 is 1.53 bits per heavy atom. The van der Waals surface area contributed by atoms with Crippen molar-refractivity contribution in [1.29, 1.82) is 0 Å². The van der Waals surface area contributed by atoms with Crippen LogP contribution in [0.4, 0.5) is 0 Å². The summed E-state index contributed by atoms with van der Waals surface area (Å²) in [6, 6.07) is 0.907. The molecule has 1 atom stereocenters. The van der Waals surface area contributed by atoms with Crippen LogP contribution in [0.1, 0.15) is 38.4 Å². The van der Waals surface area contributed by atoms with Gasteiger partial charge in [-0.2, -0.15) is 0 Å². The van der Waals surface area contributed by atoms with Gasteiger partial charge in [-0.25, -0.2) is 4.98 Å². The molecular formula is C13H24N4. The zero-order chi connectivity index (χ0) is 12.4. The zero-order valence-electron chi connectivity index (χ0n) is 11.1. The molecule has 96 valence electrons. The van der Waals surface area contributed by atoms with Crippen molar-refractivity contribution in [2.24, 2.45) is 11.7 Å². The molecule has 0 saturated heterocycles. The quantitative estimate of drug-likeness (QED) is 0.816. The molecule has 0 aromatic carbocycles. The minimum atomic E-state index is 0.0868. The number of likely N-dealkylation sites (N-methyl/N-ethyl adjacent to an activating group) is 1. The summed E-state index contributed by atoms with van der Waals surface area (Å²) in [5.41, 5.74) is 7.34. The van der Waals surface area contributed by atoms with Gasteiger partial charge in [-0.3, -0.25) is 0 Å². The lowest BCUT2D eigenvalue weighted by atomic mass is 10.0. The van der Waals surface area contributed by atoms with Crippen molar-refractivity contribution in [2.75, 3.05) is 13.6 Å². The SMILES string of the molecule is CC(C)C(N)c1cncn1CCN(C)C1CC1. The normalized spacial score (nSPS) is 18.0. The van der Waals surface area contributed by atoms with E-state index in [1.165, 1.54) is 12.8 Å². The molecule has 0 aliphatic heterocycles. The van der Waals surface area contributed by atoms with Crippen LogP contribution in [-0.4, -0.2) is 34.1 Å². The molecule has 0 radical (unpaired) electrons. The standard InChI is InChI=1S/C13H24N4/c1-10(2)13(14)12-8-15-9-17(12)7-6-16(3)11-4-5-11/h8-11,13H,4-7,14H2,1-3H3. The lowest BCUT2D eigenvalue weighted by Gasteiger charge is -2.20. The van der Waals surface area contributed by atoms with Gasteiger partial charge in [-0.05, 0) is 25.8 Å². The smallest absolute Gasteiger partial charge is 0.0949 e. The Kier molecular flexibility index (Phi) is 3.84. The second-order valence-electron chi connectivity index (χ2n) is 5.49. The van der Waals surface area contributed by atoms with Gasteiger partial charge in [0.1, 0.15) is 0 Å². The van der Waals surface area contributed by atoms with E-state index in [0.717, 1.165) is 24.8 Å². The van der Waals surface area contributed by atoms with Crippen molar-refractivity contribution < 1.29 is 0 Å². The number of rotatable bonds is 6. The summed E-state index contributed by atoms with van der Waals surface area (Å²) in [4.78, 5) is 6.66. The molecule has 0 spiro atoms. The monoisotopic (exact) mass is 236 g/mol. The number of imidazole rings is 1. The molecule has 2 N–H and O–H groups in total. The van der Waals surface area contributed by atoms with Crippen LogP contribution in [0, 0.1) is 5.92 Å². The molecule has 17 heavy (non-hydrogen) atoms. The summed E-state index contributed by atoms with van der Waals surface area (Å²) in [5.74, 6) is 0.451. The van der Waals surface area contributed by atoms with E-state index in [0.29, 0.717) is 5.92 Å². The van der Waals surface area contributed by atoms with Crippen LogP contribution in [0.25, 0.3) is 0 Å². The van der Waals surface area contributed by atoms with Crippen molar-refractivity contribution >= 4 is 0 Å². The first-order chi connectivity index (χ1) is 8.09. The van der Waals surface area contributed by atoms with Gasteiger partial charge in [0.05, 0.1) is 12.0 Å². The number of hydrogen-bond acceptors (Lipinski definition) is 3. The van der Waals surface area contributed by atoms with E-state index in [4.69, 9.17) is 5.73 Å². The maximum Gasteiger partial charge on any atom is 0.0949 e. The maximum absolute atomic E-state index is 6.19. The minimum absolute atomic E-state index is 0.0868. The summed E-state index contributed by atoms with van der Waals surface area (Å²) >= 11 is 0. The molecule has 0 amide bonds. The Labute approximate surface area is 104 Å². The first-order valence-corrected chi connectivity index (χ1v) is 6.55.